The van der Waals surface area contributed by atoms with Gasteiger partial charge in [-0.2, -0.15) is 0 Å². The Bertz CT molecular complexity index is 867. The standard InChI is InChI=1S/C14H13ClN2O5S/c1-9-4-3-5-13(17(18)19)14(9)23(20,21)16-12-8-10(22-2)6-7-11(12)15/h3-8,16H,1-2H3. The van der Waals surface area contributed by atoms with Crippen molar-refractivity contribution >= 4 is 33.0 Å². The Balaban J connectivity index is 2.55. The molecule has 1 N–H and O–H groups in total. The molecule has 0 aliphatic rings. The van der Waals surface area contributed by atoms with Crippen molar-refractivity contribution in [3.05, 3.63) is 57.1 Å². The molecule has 2 aromatic carbocycles. The molecular weight excluding hydrogens is 344 g/mol. The van der Waals surface area contributed by atoms with E-state index in [1.165, 1.54) is 38.3 Å². The lowest BCUT2D eigenvalue weighted by Crippen LogP contribution is -2.16. The van der Waals surface area contributed by atoms with Crippen molar-refractivity contribution in [2.45, 2.75) is 11.8 Å². The number of halogens is 1. The number of hydrogen-bond donors (Lipinski definition) is 1. The molecule has 0 bridgehead atoms. The molecule has 0 radical (unpaired) electrons. The Morgan fingerprint density at radius 3 is 2.57 bits per heavy atom. The average molecular weight is 357 g/mol. The molecule has 9 heteroatoms. The Labute approximate surface area is 138 Å². The summed E-state index contributed by atoms with van der Waals surface area (Å²) < 4.78 is 32.5. The average Bonchev–Trinajstić information content (AvgIpc) is 2.48. The van der Waals surface area contributed by atoms with Gasteiger partial charge in [0.2, 0.25) is 0 Å². The van der Waals surface area contributed by atoms with E-state index in [1.54, 1.807) is 6.07 Å². The summed E-state index contributed by atoms with van der Waals surface area (Å²) in [5.41, 5.74) is -0.175. The van der Waals surface area contributed by atoms with Crippen LogP contribution in [0.15, 0.2) is 41.3 Å². The zero-order valence-electron chi connectivity index (χ0n) is 12.2. The van der Waals surface area contributed by atoms with Crippen molar-refractivity contribution in [3.63, 3.8) is 0 Å². The van der Waals surface area contributed by atoms with E-state index in [0.29, 0.717) is 5.75 Å². The molecular formula is C14H13ClN2O5S. The fraction of sp³-hybridized carbons (Fsp3) is 0.143. The topological polar surface area (TPSA) is 98.5 Å². The van der Waals surface area contributed by atoms with Gasteiger partial charge >= 0.3 is 0 Å². The predicted molar refractivity (Wildman–Crippen MR) is 86.6 cm³/mol. The van der Waals surface area contributed by atoms with Gasteiger partial charge in [-0.05, 0) is 24.6 Å². The highest BCUT2D eigenvalue weighted by Crippen LogP contribution is 2.32. The van der Waals surface area contributed by atoms with Crippen LogP contribution in [-0.4, -0.2) is 20.5 Å². The van der Waals surface area contributed by atoms with Crippen LogP contribution < -0.4 is 9.46 Å². The van der Waals surface area contributed by atoms with Gasteiger partial charge in [0.15, 0.2) is 4.90 Å². The third-order valence-electron chi connectivity index (χ3n) is 3.07. The van der Waals surface area contributed by atoms with E-state index in [1.807, 2.05) is 0 Å². The smallest absolute Gasteiger partial charge is 0.290 e. The van der Waals surface area contributed by atoms with E-state index in [-0.39, 0.29) is 16.3 Å². The first-order valence-electron chi connectivity index (χ1n) is 6.36. The largest absolute Gasteiger partial charge is 0.497 e. The van der Waals surface area contributed by atoms with Crippen LogP contribution in [0.4, 0.5) is 11.4 Å². The van der Waals surface area contributed by atoms with Crippen LogP contribution in [0.3, 0.4) is 0 Å². The van der Waals surface area contributed by atoms with Crippen LogP contribution in [0.5, 0.6) is 5.75 Å². The minimum Gasteiger partial charge on any atom is -0.497 e. The SMILES string of the molecule is COc1ccc(Cl)c(NS(=O)(=O)c2c(C)cccc2[N+](=O)[O-])c1. The Hall–Kier alpha value is -2.32. The maximum atomic E-state index is 12.6. The minimum absolute atomic E-state index is 0.0727. The Morgan fingerprint density at radius 2 is 1.96 bits per heavy atom. The molecule has 0 saturated heterocycles. The third-order valence-corrected chi connectivity index (χ3v) is 4.96. The van der Waals surface area contributed by atoms with Gasteiger partial charge in [0.1, 0.15) is 5.75 Å². The normalized spacial score (nSPS) is 11.1. The first-order chi connectivity index (χ1) is 10.8. The maximum absolute atomic E-state index is 12.6. The molecule has 0 aliphatic heterocycles. The summed E-state index contributed by atoms with van der Waals surface area (Å²) in [4.78, 5) is 9.97. The van der Waals surface area contributed by atoms with E-state index in [9.17, 15) is 18.5 Å². The Kier molecular flexibility index (Phi) is 4.76. The number of anilines is 1. The highest BCUT2D eigenvalue weighted by molar-refractivity contribution is 7.93. The summed E-state index contributed by atoms with van der Waals surface area (Å²) in [6.45, 7) is 1.48. The fourth-order valence-corrected chi connectivity index (χ4v) is 3.73. The van der Waals surface area contributed by atoms with Gasteiger partial charge in [-0.15, -0.1) is 0 Å². The maximum Gasteiger partial charge on any atom is 0.290 e. The molecule has 0 unspecified atom stereocenters. The molecule has 0 amide bonds. The first kappa shape index (κ1) is 17.0. The second-order valence-electron chi connectivity index (χ2n) is 4.63. The predicted octanol–water partition coefficient (Wildman–Crippen LogP) is 3.37. The summed E-state index contributed by atoms with van der Waals surface area (Å²) >= 11 is 5.97. The van der Waals surface area contributed by atoms with Crippen molar-refractivity contribution in [2.24, 2.45) is 0 Å². The van der Waals surface area contributed by atoms with Gasteiger partial charge in [-0.3, -0.25) is 14.8 Å². The molecule has 2 aromatic rings. The lowest BCUT2D eigenvalue weighted by Gasteiger charge is -2.12. The van der Waals surface area contributed by atoms with Gasteiger partial charge in [0, 0.05) is 12.1 Å². The zero-order chi connectivity index (χ0) is 17.2. The van der Waals surface area contributed by atoms with Crippen molar-refractivity contribution in [3.8, 4) is 5.75 Å². The van der Waals surface area contributed by atoms with Crippen molar-refractivity contribution in [1.82, 2.24) is 0 Å². The van der Waals surface area contributed by atoms with Crippen LogP contribution in [0.2, 0.25) is 5.02 Å². The third kappa shape index (κ3) is 3.54. The number of nitro groups is 1. The van der Waals surface area contributed by atoms with Crippen molar-refractivity contribution in [1.29, 1.82) is 0 Å². The van der Waals surface area contributed by atoms with Crippen molar-refractivity contribution in [2.75, 3.05) is 11.8 Å². The van der Waals surface area contributed by atoms with Gasteiger partial charge < -0.3 is 4.74 Å². The van der Waals surface area contributed by atoms with Gasteiger partial charge in [-0.25, -0.2) is 8.42 Å². The van der Waals surface area contributed by atoms with E-state index < -0.39 is 25.5 Å². The molecule has 0 heterocycles. The molecule has 0 atom stereocenters. The number of nitrogens with zero attached hydrogens (tertiary/aromatic N) is 1. The molecule has 0 spiro atoms. The van der Waals surface area contributed by atoms with Crippen LogP contribution in [-0.2, 0) is 10.0 Å². The van der Waals surface area contributed by atoms with Crippen molar-refractivity contribution < 1.29 is 18.1 Å². The highest BCUT2D eigenvalue weighted by Gasteiger charge is 2.28. The molecule has 0 saturated carbocycles. The number of rotatable bonds is 5. The summed E-state index contributed by atoms with van der Waals surface area (Å²) in [5, 5.41) is 11.3. The number of methoxy groups -OCH3 is 1. The Morgan fingerprint density at radius 1 is 1.26 bits per heavy atom. The molecule has 122 valence electrons. The van der Waals surface area contributed by atoms with Gasteiger partial charge in [-0.1, -0.05) is 23.7 Å². The van der Waals surface area contributed by atoms with E-state index >= 15 is 0 Å². The number of nitro benzene ring substituents is 1. The molecule has 0 aromatic heterocycles. The second kappa shape index (κ2) is 6.43. The number of sulfonamides is 1. The van der Waals surface area contributed by atoms with E-state index in [2.05, 4.69) is 4.72 Å². The molecule has 0 fully saturated rings. The molecule has 7 nitrogen and oxygen atoms in total. The van der Waals surface area contributed by atoms with Crippen LogP contribution in [0.1, 0.15) is 5.56 Å². The first-order valence-corrected chi connectivity index (χ1v) is 8.22. The molecule has 23 heavy (non-hydrogen) atoms. The summed E-state index contributed by atoms with van der Waals surface area (Å²) in [6, 6.07) is 8.46. The number of ether oxygens (including phenoxy) is 1. The van der Waals surface area contributed by atoms with Crippen LogP contribution >= 0.6 is 11.6 Å². The summed E-state index contributed by atoms with van der Waals surface area (Å²) in [6.07, 6.45) is 0. The lowest BCUT2D eigenvalue weighted by atomic mass is 10.2. The quantitative estimate of drug-likeness (QED) is 0.654. The van der Waals surface area contributed by atoms with E-state index in [4.69, 9.17) is 16.3 Å². The zero-order valence-corrected chi connectivity index (χ0v) is 13.8. The number of benzene rings is 2. The fourth-order valence-electron chi connectivity index (χ4n) is 2.04. The monoisotopic (exact) mass is 356 g/mol. The highest BCUT2D eigenvalue weighted by atomic mass is 35.5. The van der Waals surface area contributed by atoms with Crippen LogP contribution in [0, 0.1) is 17.0 Å². The van der Waals surface area contributed by atoms with E-state index in [0.717, 1.165) is 6.07 Å². The number of aryl methyl sites for hydroxylation is 1. The number of nitrogens with one attached hydrogen (secondary N) is 1. The summed E-state index contributed by atoms with van der Waals surface area (Å²) in [7, 11) is -2.77. The van der Waals surface area contributed by atoms with Gasteiger partial charge in [0.25, 0.3) is 15.7 Å². The molecule has 0 aliphatic carbocycles. The summed E-state index contributed by atoms with van der Waals surface area (Å²) in [5.74, 6) is 0.395. The van der Waals surface area contributed by atoms with Crippen LogP contribution in [0.25, 0.3) is 0 Å². The molecule has 2 rings (SSSR count). The lowest BCUT2D eigenvalue weighted by molar-refractivity contribution is -0.387. The second-order valence-corrected chi connectivity index (χ2v) is 6.66. The van der Waals surface area contributed by atoms with Gasteiger partial charge in [0.05, 0.1) is 22.7 Å². The number of hydrogen-bond acceptors (Lipinski definition) is 5. The minimum atomic E-state index is -4.20.